The second kappa shape index (κ2) is 12.7. The van der Waals surface area contributed by atoms with Crippen LogP contribution >= 0.6 is 24.0 Å². The minimum absolute atomic E-state index is 0. The third-order valence-electron chi connectivity index (χ3n) is 4.82. The fourth-order valence-corrected chi connectivity index (χ4v) is 3.07. The molecule has 2 rings (SSSR count). The van der Waals surface area contributed by atoms with Crippen LogP contribution < -0.4 is 10.6 Å². The molecule has 7 nitrogen and oxygen atoms in total. The third-order valence-corrected chi connectivity index (χ3v) is 4.82. The van der Waals surface area contributed by atoms with Crippen LogP contribution in [0.3, 0.4) is 0 Å². The zero-order valence-corrected chi connectivity index (χ0v) is 20.1. The molecule has 0 aliphatic carbocycles. The Kier molecular flexibility index (Phi) is 11.0. The molecule has 2 N–H and O–H groups in total. The van der Waals surface area contributed by atoms with E-state index in [1.54, 1.807) is 0 Å². The molecule has 0 atom stereocenters. The largest absolute Gasteiger partial charge is 0.469 e. The summed E-state index contributed by atoms with van der Waals surface area (Å²) in [6.07, 6.45) is 1.56. The number of benzene rings is 1. The van der Waals surface area contributed by atoms with Gasteiger partial charge >= 0.3 is 5.97 Å². The highest BCUT2D eigenvalue weighted by molar-refractivity contribution is 14.0. The summed E-state index contributed by atoms with van der Waals surface area (Å²) in [5.74, 6) is 0.692. The molecule has 1 aromatic rings. The lowest BCUT2D eigenvalue weighted by atomic mass is 9.97. The quantitative estimate of drug-likeness (QED) is 0.263. The fourth-order valence-electron chi connectivity index (χ4n) is 3.07. The number of carbonyl (C=O) groups excluding carboxylic acids is 2. The second-order valence-corrected chi connectivity index (χ2v) is 7.30. The van der Waals surface area contributed by atoms with Crippen molar-refractivity contribution in [1.29, 1.82) is 0 Å². The molecule has 8 heteroatoms. The van der Waals surface area contributed by atoms with E-state index in [1.165, 1.54) is 7.11 Å². The molecule has 29 heavy (non-hydrogen) atoms. The van der Waals surface area contributed by atoms with Crippen molar-refractivity contribution in [3.05, 3.63) is 29.8 Å². The lowest BCUT2D eigenvalue weighted by Gasteiger charge is -2.33. The molecular weight excluding hydrogens is 483 g/mol. The molecule has 0 aromatic heterocycles. The van der Waals surface area contributed by atoms with Crippen LogP contribution in [0.2, 0.25) is 0 Å². The van der Waals surface area contributed by atoms with E-state index < -0.39 is 0 Å². The van der Waals surface area contributed by atoms with Gasteiger partial charge < -0.3 is 20.3 Å². The molecule has 0 bridgehead atoms. The van der Waals surface area contributed by atoms with Crippen molar-refractivity contribution in [1.82, 2.24) is 10.2 Å². The maximum absolute atomic E-state index is 11.8. The molecular formula is C21H33IN4O3. The minimum Gasteiger partial charge on any atom is -0.469 e. The molecule has 1 amide bonds. The maximum Gasteiger partial charge on any atom is 0.308 e. The average molecular weight is 516 g/mol. The van der Waals surface area contributed by atoms with Crippen LogP contribution in [0.4, 0.5) is 5.69 Å². The normalized spacial score (nSPS) is 14.9. The van der Waals surface area contributed by atoms with E-state index in [0.717, 1.165) is 49.7 Å². The highest BCUT2D eigenvalue weighted by Crippen LogP contribution is 2.19. The number of hydrogen-bond acceptors (Lipinski definition) is 4. The van der Waals surface area contributed by atoms with Crippen molar-refractivity contribution >= 4 is 47.5 Å². The van der Waals surface area contributed by atoms with Gasteiger partial charge in [-0.2, -0.15) is 0 Å². The van der Waals surface area contributed by atoms with Crippen LogP contribution in [0.5, 0.6) is 0 Å². The molecule has 1 aromatic carbocycles. The van der Waals surface area contributed by atoms with E-state index >= 15 is 0 Å². The van der Waals surface area contributed by atoms with E-state index in [-0.39, 0.29) is 47.7 Å². The van der Waals surface area contributed by atoms with Crippen LogP contribution in [0.15, 0.2) is 29.3 Å². The van der Waals surface area contributed by atoms with Gasteiger partial charge in [-0.25, -0.2) is 4.99 Å². The Morgan fingerprint density at radius 3 is 2.34 bits per heavy atom. The standard InChI is InChI=1S/C21H32N4O3.HI/c1-5-22-21(25-12-10-17(11-13-25)20(27)28-4)23-14-16-6-8-18(9-7-16)24-19(26)15(2)3;/h6-9,15,17H,5,10-14H2,1-4H3,(H,22,23)(H,24,26);1H. The van der Waals surface area contributed by atoms with Gasteiger partial charge in [0.1, 0.15) is 0 Å². The van der Waals surface area contributed by atoms with Crippen LogP contribution in [0, 0.1) is 11.8 Å². The van der Waals surface area contributed by atoms with Crippen LogP contribution in [0.1, 0.15) is 39.2 Å². The van der Waals surface area contributed by atoms with Gasteiger partial charge in [0.2, 0.25) is 5.91 Å². The summed E-state index contributed by atoms with van der Waals surface area (Å²) in [5, 5.41) is 6.22. The molecule has 162 valence electrons. The summed E-state index contributed by atoms with van der Waals surface area (Å²) >= 11 is 0. The second-order valence-electron chi connectivity index (χ2n) is 7.30. The zero-order chi connectivity index (χ0) is 20.5. The summed E-state index contributed by atoms with van der Waals surface area (Å²) in [5.41, 5.74) is 1.87. The third kappa shape index (κ3) is 7.83. The number of nitrogens with one attached hydrogen (secondary N) is 2. The number of anilines is 1. The summed E-state index contributed by atoms with van der Waals surface area (Å²) in [4.78, 5) is 30.4. The molecule has 1 fully saturated rings. The van der Waals surface area contributed by atoms with Crippen molar-refractivity contribution in [2.75, 3.05) is 32.1 Å². The van der Waals surface area contributed by atoms with Gasteiger partial charge in [0.05, 0.1) is 19.6 Å². The number of aliphatic imine (C=N–C) groups is 1. The Balaban J connectivity index is 0.00000420. The Morgan fingerprint density at radius 1 is 1.21 bits per heavy atom. The molecule has 0 radical (unpaired) electrons. The van der Waals surface area contributed by atoms with Crippen LogP contribution in [-0.4, -0.2) is 49.5 Å². The number of likely N-dealkylation sites (tertiary alicyclic amines) is 1. The number of rotatable bonds is 6. The van der Waals surface area contributed by atoms with Gasteiger partial charge in [-0.1, -0.05) is 26.0 Å². The number of piperidine rings is 1. The lowest BCUT2D eigenvalue weighted by Crippen LogP contribution is -2.46. The number of amides is 1. The first-order valence-electron chi connectivity index (χ1n) is 9.95. The van der Waals surface area contributed by atoms with Crippen molar-refractivity contribution in [2.45, 2.75) is 40.2 Å². The average Bonchev–Trinajstić information content (AvgIpc) is 2.71. The monoisotopic (exact) mass is 516 g/mol. The number of nitrogens with zero attached hydrogens (tertiary/aromatic N) is 2. The number of guanidine groups is 1. The molecule has 1 aliphatic heterocycles. The van der Waals surface area contributed by atoms with Gasteiger partial charge in [0, 0.05) is 31.2 Å². The Labute approximate surface area is 190 Å². The van der Waals surface area contributed by atoms with Gasteiger partial charge in [-0.3, -0.25) is 9.59 Å². The van der Waals surface area contributed by atoms with Crippen molar-refractivity contribution < 1.29 is 14.3 Å². The summed E-state index contributed by atoms with van der Waals surface area (Å²) < 4.78 is 4.86. The number of esters is 1. The van der Waals surface area contributed by atoms with E-state index in [2.05, 4.69) is 15.5 Å². The summed E-state index contributed by atoms with van der Waals surface area (Å²) in [6.45, 7) is 8.69. The smallest absolute Gasteiger partial charge is 0.308 e. The molecule has 1 saturated heterocycles. The van der Waals surface area contributed by atoms with Crippen LogP contribution in [0.25, 0.3) is 0 Å². The van der Waals surface area contributed by atoms with Gasteiger partial charge in [0.25, 0.3) is 0 Å². The SMILES string of the molecule is CCNC(=NCc1ccc(NC(=O)C(C)C)cc1)N1CCC(C(=O)OC)CC1.I. The fraction of sp³-hybridized carbons (Fsp3) is 0.571. The molecule has 0 unspecified atom stereocenters. The molecule has 1 aliphatic rings. The summed E-state index contributed by atoms with van der Waals surface area (Å²) in [7, 11) is 1.44. The van der Waals surface area contributed by atoms with E-state index in [1.807, 2.05) is 45.0 Å². The van der Waals surface area contributed by atoms with Gasteiger partial charge in [0.15, 0.2) is 5.96 Å². The predicted octanol–water partition coefficient (Wildman–Crippen LogP) is 3.25. The minimum atomic E-state index is -0.119. The first-order chi connectivity index (χ1) is 13.4. The Hall–Kier alpha value is -1.84. The van der Waals surface area contributed by atoms with E-state index in [0.29, 0.717) is 6.54 Å². The number of methoxy groups -OCH3 is 1. The molecule has 0 saturated carbocycles. The van der Waals surface area contributed by atoms with Crippen molar-refractivity contribution in [2.24, 2.45) is 16.8 Å². The van der Waals surface area contributed by atoms with Crippen LogP contribution in [-0.2, 0) is 20.9 Å². The first kappa shape index (κ1) is 25.2. The number of ether oxygens (including phenoxy) is 1. The zero-order valence-electron chi connectivity index (χ0n) is 17.7. The van der Waals surface area contributed by atoms with Crippen molar-refractivity contribution in [3.8, 4) is 0 Å². The highest BCUT2D eigenvalue weighted by atomic mass is 127. The van der Waals surface area contributed by atoms with Gasteiger partial charge in [-0.15, -0.1) is 24.0 Å². The number of halogens is 1. The lowest BCUT2D eigenvalue weighted by molar-refractivity contribution is -0.146. The number of hydrogen-bond donors (Lipinski definition) is 2. The predicted molar refractivity (Wildman–Crippen MR) is 126 cm³/mol. The van der Waals surface area contributed by atoms with Crippen molar-refractivity contribution in [3.63, 3.8) is 0 Å². The maximum atomic E-state index is 11.8. The van der Waals surface area contributed by atoms with Gasteiger partial charge in [-0.05, 0) is 37.5 Å². The molecule has 1 heterocycles. The first-order valence-corrected chi connectivity index (χ1v) is 9.95. The van der Waals surface area contributed by atoms with E-state index in [9.17, 15) is 9.59 Å². The Morgan fingerprint density at radius 2 is 1.83 bits per heavy atom. The van der Waals surface area contributed by atoms with E-state index in [4.69, 9.17) is 9.73 Å². The summed E-state index contributed by atoms with van der Waals surface area (Å²) in [6, 6.07) is 7.76. The molecule has 0 spiro atoms. The highest BCUT2D eigenvalue weighted by Gasteiger charge is 2.26. The number of carbonyl (C=O) groups is 2. The topological polar surface area (TPSA) is 83.0 Å². The Bertz CT molecular complexity index is 684.